The molecule has 0 aliphatic carbocycles. The molecule has 0 saturated carbocycles. The Kier molecular flexibility index (Phi) is 5.63. The first kappa shape index (κ1) is 16.1. The number of aromatic carboxylic acids is 1. The smallest absolute Gasteiger partial charge is 0.337 e. The summed E-state index contributed by atoms with van der Waals surface area (Å²) in [6.45, 7) is 1.81. The lowest BCUT2D eigenvalue weighted by Crippen LogP contribution is -2.36. The molecule has 0 radical (unpaired) electrons. The van der Waals surface area contributed by atoms with Crippen LogP contribution in [0.25, 0.3) is 0 Å². The Labute approximate surface area is 117 Å². The van der Waals surface area contributed by atoms with Crippen LogP contribution in [0.15, 0.2) is 18.2 Å². The normalized spacial score (nSPS) is 13.3. The second kappa shape index (κ2) is 6.99. The summed E-state index contributed by atoms with van der Waals surface area (Å²) in [4.78, 5) is 22.5. The molecule has 2 atom stereocenters. The molecule has 8 heteroatoms. The number of rotatable bonds is 5. The van der Waals surface area contributed by atoms with Gasteiger partial charge >= 0.3 is 12.0 Å². The highest BCUT2D eigenvalue weighted by Gasteiger charge is 2.17. The Morgan fingerprint density at radius 1 is 1.45 bits per heavy atom. The lowest BCUT2D eigenvalue weighted by molar-refractivity contribution is 0.0697. The number of hydrogen-bond donors (Lipinski definition) is 3. The van der Waals surface area contributed by atoms with E-state index in [1.807, 2.05) is 0 Å². The van der Waals surface area contributed by atoms with Crippen LogP contribution in [-0.4, -0.2) is 39.4 Å². The lowest BCUT2D eigenvalue weighted by Gasteiger charge is -2.12. The first-order valence-electron chi connectivity index (χ1n) is 5.71. The number of carbonyl (C=O) groups excluding carboxylic acids is 1. The molecule has 110 valence electrons. The summed E-state index contributed by atoms with van der Waals surface area (Å²) in [6.07, 6.45) is 1.50. The Morgan fingerprint density at radius 2 is 2.10 bits per heavy atom. The predicted octanol–water partition coefficient (Wildman–Crippen LogP) is 1.41. The fourth-order valence-electron chi connectivity index (χ4n) is 1.34. The van der Waals surface area contributed by atoms with E-state index in [9.17, 15) is 18.2 Å². The van der Waals surface area contributed by atoms with Crippen LogP contribution in [0.3, 0.4) is 0 Å². The summed E-state index contributed by atoms with van der Waals surface area (Å²) in [6, 6.07) is 2.72. The van der Waals surface area contributed by atoms with E-state index in [-0.39, 0.29) is 17.4 Å². The molecule has 20 heavy (non-hydrogen) atoms. The van der Waals surface area contributed by atoms with Gasteiger partial charge in [0.05, 0.1) is 11.3 Å². The molecule has 0 fully saturated rings. The molecule has 2 amide bonds. The van der Waals surface area contributed by atoms with Gasteiger partial charge in [-0.3, -0.25) is 4.21 Å². The zero-order valence-corrected chi connectivity index (χ0v) is 11.8. The largest absolute Gasteiger partial charge is 0.478 e. The van der Waals surface area contributed by atoms with Crippen molar-refractivity contribution in [2.45, 2.75) is 12.2 Å². The fraction of sp³-hybridized carbons (Fsp3) is 0.333. The summed E-state index contributed by atoms with van der Waals surface area (Å²) in [5.41, 5.74) is -0.741. The van der Waals surface area contributed by atoms with Crippen molar-refractivity contribution in [2.24, 2.45) is 0 Å². The summed E-state index contributed by atoms with van der Waals surface area (Å²) >= 11 is 0. The Morgan fingerprint density at radius 3 is 2.65 bits per heavy atom. The molecule has 1 aromatic rings. The minimum absolute atomic E-state index is 0.131. The van der Waals surface area contributed by atoms with Crippen molar-refractivity contribution in [1.82, 2.24) is 5.32 Å². The topological polar surface area (TPSA) is 95.5 Å². The first-order chi connectivity index (χ1) is 9.32. The molecular weight excluding hydrogens is 287 g/mol. The molecule has 0 aromatic heterocycles. The number of halogens is 1. The van der Waals surface area contributed by atoms with Crippen LogP contribution >= 0.6 is 0 Å². The highest BCUT2D eigenvalue weighted by molar-refractivity contribution is 7.84. The predicted molar refractivity (Wildman–Crippen MR) is 73.9 cm³/mol. The number of carboxylic acids is 1. The van der Waals surface area contributed by atoms with Gasteiger partial charge in [0.2, 0.25) is 0 Å². The van der Waals surface area contributed by atoms with Crippen molar-refractivity contribution in [2.75, 3.05) is 18.1 Å². The average Bonchev–Trinajstić information content (AvgIpc) is 2.37. The van der Waals surface area contributed by atoms with Crippen molar-refractivity contribution in [3.8, 4) is 0 Å². The molecule has 3 N–H and O–H groups in total. The number of urea groups is 1. The first-order valence-corrected chi connectivity index (χ1v) is 7.34. The Balaban J connectivity index is 2.76. The molecule has 0 aliphatic rings. The molecule has 1 rings (SSSR count). The molecule has 0 heterocycles. The maximum absolute atomic E-state index is 13.5. The molecule has 0 spiro atoms. The quantitative estimate of drug-likeness (QED) is 0.766. The van der Waals surface area contributed by atoms with Crippen molar-refractivity contribution in [1.29, 1.82) is 0 Å². The summed E-state index contributed by atoms with van der Waals surface area (Å²) in [7, 11) is -1.10. The highest BCUT2D eigenvalue weighted by atomic mass is 32.2. The van der Waals surface area contributed by atoms with Crippen LogP contribution in [0.5, 0.6) is 0 Å². The van der Waals surface area contributed by atoms with Gasteiger partial charge in [-0.1, -0.05) is 6.07 Å². The van der Waals surface area contributed by atoms with Crippen LogP contribution in [0.4, 0.5) is 14.9 Å². The van der Waals surface area contributed by atoms with E-state index < -0.39 is 34.3 Å². The van der Waals surface area contributed by atoms with Gasteiger partial charge in [0, 0.05) is 28.9 Å². The van der Waals surface area contributed by atoms with E-state index >= 15 is 0 Å². The molecule has 0 aliphatic heterocycles. The van der Waals surface area contributed by atoms with Crippen molar-refractivity contribution in [3.63, 3.8) is 0 Å². The van der Waals surface area contributed by atoms with Gasteiger partial charge in [0.1, 0.15) is 5.82 Å². The number of carboxylic acid groups (broad SMARTS) is 1. The van der Waals surface area contributed by atoms with Gasteiger partial charge in [-0.25, -0.2) is 14.0 Å². The second-order valence-corrected chi connectivity index (χ2v) is 5.91. The van der Waals surface area contributed by atoms with Crippen LogP contribution < -0.4 is 10.6 Å². The average molecular weight is 302 g/mol. The zero-order chi connectivity index (χ0) is 15.3. The van der Waals surface area contributed by atoms with Gasteiger partial charge in [0.15, 0.2) is 0 Å². The van der Waals surface area contributed by atoms with Crippen molar-refractivity contribution < 1.29 is 23.3 Å². The highest BCUT2D eigenvalue weighted by Crippen LogP contribution is 2.19. The summed E-state index contributed by atoms with van der Waals surface area (Å²) in [5.74, 6) is -2.19. The van der Waals surface area contributed by atoms with Gasteiger partial charge < -0.3 is 15.7 Å². The van der Waals surface area contributed by atoms with E-state index in [1.54, 1.807) is 6.92 Å². The minimum atomic E-state index is -1.34. The van der Waals surface area contributed by atoms with Crippen LogP contribution in [0, 0.1) is 5.82 Å². The maximum Gasteiger partial charge on any atom is 0.337 e. The van der Waals surface area contributed by atoms with E-state index in [0.29, 0.717) is 0 Å². The van der Waals surface area contributed by atoms with Crippen LogP contribution in [-0.2, 0) is 10.8 Å². The van der Waals surface area contributed by atoms with Gasteiger partial charge in [-0.2, -0.15) is 0 Å². The number of amides is 2. The van der Waals surface area contributed by atoms with Crippen molar-refractivity contribution in [3.05, 3.63) is 29.6 Å². The Hall–Kier alpha value is -1.96. The number of nitrogens with one attached hydrogen (secondary N) is 2. The molecule has 2 unspecified atom stereocenters. The number of anilines is 1. The minimum Gasteiger partial charge on any atom is -0.478 e. The molecule has 0 saturated heterocycles. The van der Waals surface area contributed by atoms with E-state index in [1.165, 1.54) is 18.4 Å². The fourth-order valence-corrected chi connectivity index (χ4v) is 1.66. The van der Waals surface area contributed by atoms with Gasteiger partial charge in [-0.05, 0) is 19.1 Å². The van der Waals surface area contributed by atoms with Crippen molar-refractivity contribution >= 4 is 28.5 Å². The van der Waals surface area contributed by atoms with Crippen LogP contribution in [0.2, 0.25) is 0 Å². The summed E-state index contributed by atoms with van der Waals surface area (Å²) < 4.78 is 24.7. The number of para-hydroxylation sites is 1. The third-order valence-corrected chi connectivity index (χ3v) is 3.90. The van der Waals surface area contributed by atoms with E-state index in [4.69, 9.17) is 5.11 Å². The zero-order valence-electron chi connectivity index (χ0n) is 11.0. The van der Waals surface area contributed by atoms with E-state index in [2.05, 4.69) is 10.6 Å². The van der Waals surface area contributed by atoms with Gasteiger partial charge in [0.25, 0.3) is 0 Å². The molecular formula is C12H15FN2O4S. The lowest BCUT2D eigenvalue weighted by atomic mass is 10.1. The molecule has 1 aromatic carbocycles. The number of hydrogen-bond acceptors (Lipinski definition) is 3. The van der Waals surface area contributed by atoms with E-state index in [0.717, 1.165) is 6.07 Å². The SMILES string of the molecule is CC(CNC(=O)Nc1c(F)cccc1C(=O)O)S(C)=O. The monoisotopic (exact) mass is 302 g/mol. The maximum atomic E-state index is 13.5. The third kappa shape index (κ3) is 4.30. The third-order valence-electron chi connectivity index (χ3n) is 2.60. The van der Waals surface area contributed by atoms with Gasteiger partial charge in [-0.15, -0.1) is 0 Å². The standard InChI is InChI=1S/C12H15FN2O4S/c1-7(20(2)19)6-14-12(18)15-10-8(11(16)17)4-3-5-9(10)13/h3-5,7H,6H2,1-2H3,(H,16,17)(H2,14,15,18). The molecule has 6 nitrogen and oxygen atoms in total. The Bertz CT molecular complexity index is 550. The number of benzene rings is 1. The molecule has 0 bridgehead atoms. The number of carbonyl (C=O) groups is 2. The summed E-state index contributed by atoms with van der Waals surface area (Å²) in [5, 5.41) is 13.2. The second-order valence-electron chi connectivity index (χ2n) is 4.11. The van der Waals surface area contributed by atoms with Crippen LogP contribution in [0.1, 0.15) is 17.3 Å².